The second-order valence-electron chi connectivity index (χ2n) is 8.12. The Hall–Kier alpha value is -0.550. The number of hydrogen-bond donors (Lipinski definition) is 0. The van der Waals surface area contributed by atoms with Crippen molar-refractivity contribution in [1.29, 1.82) is 0 Å². The highest BCUT2D eigenvalue weighted by Gasteiger charge is 2.30. The fraction of sp³-hybridized carbons (Fsp3) is 0.905. The third kappa shape index (κ3) is 4.96. The minimum atomic E-state index is -0.559. The van der Waals surface area contributed by atoms with Crippen molar-refractivity contribution in [3.05, 3.63) is 0 Å². The van der Waals surface area contributed by atoms with Crippen molar-refractivity contribution in [2.45, 2.75) is 89.3 Å². The van der Waals surface area contributed by atoms with Crippen LogP contribution in [0.15, 0.2) is 0 Å². The molecule has 3 aliphatic rings. The van der Waals surface area contributed by atoms with Crippen LogP contribution in [-0.4, -0.2) is 19.4 Å². The number of alkyl halides is 1. The molecule has 0 saturated heterocycles. The fourth-order valence-corrected chi connectivity index (χ4v) is 4.96. The molecule has 0 atom stereocenters. The van der Waals surface area contributed by atoms with E-state index in [0.717, 1.165) is 37.5 Å². The van der Waals surface area contributed by atoms with Gasteiger partial charge in [-0.05, 0) is 88.9 Å². The maximum atomic E-state index is 13.2. The molecule has 0 spiro atoms. The summed E-state index contributed by atoms with van der Waals surface area (Å²) >= 11 is 0. The van der Waals surface area contributed by atoms with Crippen molar-refractivity contribution in [2.24, 2.45) is 23.7 Å². The van der Waals surface area contributed by atoms with Gasteiger partial charge in [0, 0.05) is 18.9 Å². The normalized spacial score (nSPS) is 41.8. The van der Waals surface area contributed by atoms with Gasteiger partial charge in [0.1, 0.15) is 6.17 Å². The molecule has 0 aromatic rings. The van der Waals surface area contributed by atoms with Gasteiger partial charge >= 0.3 is 0 Å². The molecule has 3 rings (SSSR count). The maximum Gasteiger partial charge on any atom is 0.100 e. The number of ether oxygens (including phenoxy) is 1. The molecule has 0 radical (unpaired) electrons. The van der Waals surface area contributed by atoms with E-state index in [1.54, 1.807) is 0 Å². The lowest BCUT2D eigenvalue weighted by atomic mass is 9.70. The molecule has 23 heavy (non-hydrogen) atoms. The quantitative estimate of drug-likeness (QED) is 0.608. The fourth-order valence-electron chi connectivity index (χ4n) is 4.96. The van der Waals surface area contributed by atoms with E-state index in [-0.39, 0.29) is 0 Å². The summed E-state index contributed by atoms with van der Waals surface area (Å²) < 4.78 is 18.7. The summed E-state index contributed by atoms with van der Waals surface area (Å²) in [6.07, 6.45) is 14.0. The van der Waals surface area contributed by atoms with Gasteiger partial charge in [-0.25, -0.2) is 4.39 Å². The molecule has 2 heteroatoms. The maximum absolute atomic E-state index is 13.2. The van der Waals surface area contributed by atoms with Crippen LogP contribution < -0.4 is 0 Å². The lowest BCUT2D eigenvalue weighted by Gasteiger charge is -2.36. The molecular formula is C21H33FO. The molecule has 0 aromatic carbocycles. The number of rotatable bonds is 2. The summed E-state index contributed by atoms with van der Waals surface area (Å²) in [5.74, 6) is 10.0. The lowest BCUT2D eigenvalue weighted by Crippen LogP contribution is -2.28. The van der Waals surface area contributed by atoms with E-state index >= 15 is 0 Å². The molecule has 0 N–H and O–H groups in total. The Kier molecular flexibility index (Phi) is 6.40. The van der Waals surface area contributed by atoms with Crippen molar-refractivity contribution in [3.63, 3.8) is 0 Å². The Balaban J connectivity index is 1.39. The summed E-state index contributed by atoms with van der Waals surface area (Å²) in [6.45, 7) is 0. The standard InChI is InChI=1S/C21H33FO/c1-23-21-14-10-19(11-15-21)18-8-4-16(5-9-18)2-3-17-6-12-20(22)13-7-17/h16-21H,4-15H2,1H3. The first-order valence-electron chi connectivity index (χ1n) is 9.92. The van der Waals surface area contributed by atoms with Crippen LogP contribution >= 0.6 is 0 Å². The third-order valence-electron chi connectivity index (χ3n) is 6.64. The summed E-state index contributed by atoms with van der Waals surface area (Å²) in [6, 6.07) is 0. The zero-order valence-corrected chi connectivity index (χ0v) is 14.7. The van der Waals surface area contributed by atoms with Crippen LogP contribution in [0, 0.1) is 35.5 Å². The highest BCUT2D eigenvalue weighted by molar-refractivity contribution is 5.09. The zero-order valence-electron chi connectivity index (χ0n) is 14.7. The van der Waals surface area contributed by atoms with Gasteiger partial charge < -0.3 is 4.74 Å². The number of halogens is 1. The Morgan fingerprint density at radius 3 is 1.57 bits per heavy atom. The van der Waals surface area contributed by atoms with Crippen molar-refractivity contribution >= 4 is 0 Å². The average molecular weight is 320 g/mol. The molecule has 1 nitrogen and oxygen atoms in total. The van der Waals surface area contributed by atoms with Crippen LogP contribution in [0.1, 0.15) is 77.0 Å². The van der Waals surface area contributed by atoms with Gasteiger partial charge in [0.15, 0.2) is 0 Å². The highest BCUT2D eigenvalue weighted by Crippen LogP contribution is 2.40. The van der Waals surface area contributed by atoms with Gasteiger partial charge in [-0.15, -0.1) is 0 Å². The highest BCUT2D eigenvalue weighted by atomic mass is 19.1. The first-order chi connectivity index (χ1) is 11.2. The molecule has 0 heterocycles. The second kappa shape index (κ2) is 8.52. The molecule has 0 bridgehead atoms. The van der Waals surface area contributed by atoms with E-state index in [4.69, 9.17) is 4.74 Å². The largest absolute Gasteiger partial charge is 0.381 e. The molecule has 0 amide bonds. The number of methoxy groups -OCH3 is 1. The molecule has 0 aliphatic heterocycles. The molecule has 0 aromatic heterocycles. The van der Waals surface area contributed by atoms with E-state index in [9.17, 15) is 4.39 Å². The van der Waals surface area contributed by atoms with Gasteiger partial charge in [0.05, 0.1) is 6.10 Å². The first-order valence-corrected chi connectivity index (χ1v) is 9.92. The first kappa shape index (κ1) is 17.3. The Morgan fingerprint density at radius 2 is 1.09 bits per heavy atom. The van der Waals surface area contributed by atoms with Crippen molar-refractivity contribution in [3.8, 4) is 11.8 Å². The Morgan fingerprint density at radius 1 is 0.652 bits per heavy atom. The van der Waals surface area contributed by atoms with Crippen molar-refractivity contribution < 1.29 is 9.13 Å². The molecule has 0 unspecified atom stereocenters. The van der Waals surface area contributed by atoms with Crippen LogP contribution in [0.3, 0.4) is 0 Å². The molecule has 3 fully saturated rings. The van der Waals surface area contributed by atoms with Crippen molar-refractivity contribution in [2.75, 3.05) is 7.11 Å². The summed E-state index contributed by atoms with van der Waals surface area (Å²) in [5.41, 5.74) is 0. The third-order valence-corrected chi connectivity index (χ3v) is 6.64. The van der Waals surface area contributed by atoms with Crippen LogP contribution in [0.2, 0.25) is 0 Å². The van der Waals surface area contributed by atoms with Gasteiger partial charge in [0.2, 0.25) is 0 Å². The number of hydrogen-bond acceptors (Lipinski definition) is 1. The summed E-state index contributed by atoms with van der Waals surface area (Å²) in [4.78, 5) is 0. The molecule has 3 saturated carbocycles. The molecule has 130 valence electrons. The molecule has 3 aliphatic carbocycles. The zero-order chi connectivity index (χ0) is 16.1. The smallest absolute Gasteiger partial charge is 0.100 e. The van der Waals surface area contributed by atoms with Gasteiger partial charge in [0.25, 0.3) is 0 Å². The van der Waals surface area contributed by atoms with Gasteiger partial charge in [-0.2, -0.15) is 0 Å². The van der Waals surface area contributed by atoms with E-state index in [1.165, 1.54) is 51.4 Å². The van der Waals surface area contributed by atoms with E-state index < -0.39 is 6.17 Å². The van der Waals surface area contributed by atoms with E-state index in [0.29, 0.717) is 17.9 Å². The van der Waals surface area contributed by atoms with Gasteiger partial charge in [-0.1, -0.05) is 11.8 Å². The van der Waals surface area contributed by atoms with Crippen LogP contribution in [0.4, 0.5) is 4.39 Å². The van der Waals surface area contributed by atoms with E-state index in [1.807, 2.05) is 7.11 Å². The van der Waals surface area contributed by atoms with Crippen LogP contribution in [0.25, 0.3) is 0 Å². The van der Waals surface area contributed by atoms with Crippen molar-refractivity contribution in [1.82, 2.24) is 0 Å². The predicted molar refractivity (Wildman–Crippen MR) is 92.8 cm³/mol. The minimum absolute atomic E-state index is 0.476. The summed E-state index contributed by atoms with van der Waals surface area (Å²) in [7, 11) is 1.86. The Labute approximate surface area is 141 Å². The minimum Gasteiger partial charge on any atom is -0.381 e. The predicted octanol–water partition coefficient (Wildman–Crippen LogP) is 5.53. The van der Waals surface area contributed by atoms with Gasteiger partial charge in [-0.3, -0.25) is 0 Å². The summed E-state index contributed by atoms with van der Waals surface area (Å²) in [5, 5.41) is 0. The van der Waals surface area contributed by atoms with Crippen LogP contribution in [-0.2, 0) is 4.74 Å². The SMILES string of the molecule is COC1CCC(C2CCC(C#CC3CCC(F)CC3)CC2)CC1. The Bertz CT molecular complexity index is 399. The lowest BCUT2D eigenvalue weighted by molar-refractivity contribution is 0.0406. The molecular weight excluding hydrogens is 287 g/mol. The average Bonchev–Trinajstić information content (AvgIpc) is 2.62. The monoisotopic (exact) mass is 320 g/mol. The topological polar surface area (TPSA) is 9.23 Å². The van der Waals surface area contributed by atoms with E-state index in [2.05, 4.69) is 11.8 Å². The second-order valence-corrected chi connectivity index (χ2v) is 8.12. The van der Waals surface area contributed by atoms with Crippen LogP contribution in [0.5, 0.6) is 0 Å².